The van der Waals surface area contributed by atoms with Crippen molar-refractivity contribution in [2.24, 2.45) is 0 Å². The summed E-state index contributed by atoms with van der Waals surface area (Å²) in [6.45, 7) is 5.45. The topological polar surface area (TPSA) is 32.3 Å². The summed E-state index contributed by atoms with van der Waals surface area (Å²) < 4.78 is 0. The van der Waals surface area contributed by atoms with Crippen LogP contribution in [0, 0.1) is 0 Å². The van der Waals surface area contributed by atoms with E-state index < -0.39 is 0 Å². The maximum absolute atomic E-state index is 12.7. The van der Waals surface area contributed by atoms with Gasteiger partial charge in [0.25, 0.3) is 0 Å². The maximum atomic E-state index is 12.7. The summed E-state index contributed by atoms with van der Waals surface area (Å²) in [5.74, 6) is 0.0170. The number of hydrogen-bond acceptors (Lipinski definition) is 2. The molecule has 2 aromatic carbocycles. The van der Waals surface area contributed by atoms with Crippen molar-refractivity contribution in [2.75, 3.05) is 23.3 Å². The molecule has 0 aromatic heterocycles. The third-order valence-electron chi connectivity index (χ3n) is 4.88. The highest BCUT2D eigenvalue weighted by atomic mass is 35.5. The van der Waals surface area contributed by atoms with Gasteiger partial charge in [-0.2, -0.15) is 0 Å². The van der Waals surface area contributed by atoms with Gasteiger partial charge in [0.05, 0.1) is 6.54 Å². The molecule has 1 heterocycles. The molecule has 132 valence electrons. The Bertz CT molecular complexity index is 772. The molecule has 0 atom stereocenters. The lowest BCUT2D eigenvalue weighted by Crippen LogP contribution is -2.37. The zero-order chi connectivity index (χ0) is 17.8. The van der Waals surface area contributed by atoms with Gasteiger partial charge in [0, 0.05) is 22.9 Å². The molecule has 25 heavy (non-hydrogen) atoms. The van der Waals surface area contributed by atoms with Gasteiger partial charge in [-0.05, 0) is 54.5 Å². The fourth-order valence-electron chi connectivity index (χ4n) is 3.59. The van der Waals surface area contributed by atoms with Crippen LogP contribution in [0.4, 0.5) is 11.4 Å². The minimum atomic E-state index is 0.0170. The number of benzene rings is 2. The molecule has 2 aromatic rings. The first-order chi connectivity index (χ1) is 12.1. The van der Waals surface area contributed by atoms with Crippen LogP contribution in [0.5, 0.6) is 0 Å². The van der Waals surface area contributed by atoms with Crippen molar-refractivity contribution in [3.63, 3.8) is 0 Å². The number of nitrogens with zero attached hydrogens (tertiary/aromatic N) is 1. The number of fused-ring (bicyclic) bond motifs is 1. The van der Waals surface area contributed by atoms with Crippen LogP contribution >= 0.6 is 11.6 Å². The molecule has 1 aliphatic rings. The van der Waals surface area contributed by atoms with Gasteiger partial charge >= 0.3 is 0 Å². The van der Waals surface area contributed by atoms with E-state index in [2.05, 4.69) is 42.3 Å². The molecular weight excluding hydrogens is 332 g/mol. The Balaban J connectivity index is 1.79. The van der Waals surface area contributed by atoms with Crippen molar-refractivity contribution in [1.29, 1.82) is 0 Å². The highest BCUT2D eigenvalue weighted by molar-refractivity contribution is 6.32. The molecule has 0 aliphatic carbocycles. The fourth-order valence-corrected chi connectivity index (χ4v) is 3.89. The zero-order valence-corrected chi connectivity index (χ0v) is 15.7. The third-order valence-corrected chi connectivity index (χ3v) is 5.24. The van der Waals surface area contributed by atoms with Crippen molar-refractivity contribution in [3.05, 3.63) is 58.1 Å². The zero-order valence-electron chi connectivity index (χ0n) is 14.9. The molecule has 1 amide bonds. The number of carbonyl (C=O) groups excluding carboxylic acids is 1. The third kappa shape index (κ3) is 3.82. The lowest BCUT2D eigenvalue weighted by molar-refractivity contribution is -0.115. The van der Waals surface area contributed by atoms with Crippen molar-refractivity contribution >= 4 is 28.9 Å². The van der Waals surface area contributed by atoms with Gasteiger partial charge in [-0.3, -0.25) is 4.79 Å². The Morgan fingerprint density at radius 2 is 1.96 bits per heavy atom. The van der Waals surface area contributed by atoms with Crippen LogP contribution in [0.25, 0.3) is 0 Å². The van der Waals surface area contributed by atoms with Crippen molar-refractivity contribution in [3.8, 4) is 0 Å². The van der Waals surface area contributed by atoms with Gasteiger partial charge in [-0.25, -0.2) is 0 Å². The minimum absolute atomic E-state index is 0.0170. The Morgan fingerprint density at radius 1 is 1.16 bits per heavy atom. The van der Waals surface area contributed by atoms with Crippen LogP contribution in [-0.4, -0.2) is 19.0 Å². The second kappa shape index (κ2) is 7.92. The number of carbonyl (C=O) groups is 1. The molecule has 3 nitrogen and oxygen atoms in total. The van der Waals surface area contributed by atoms with E-state index in [9.17, 15) is 4.79 Å². The highest BCUT2D eigenvalue weighted by Gasteiger charge is 2.20. The van der Waals surface area contributed by atoms with E-state index in [0.29, 0.717) is 6.54 Å². The lowest BCUT2D eigenvalue weighted by Gasteiger charge is -2.31. The fraction of sp³-hybridized carbons (Fsp3) is 0.381. The lowest BCUT2D eigenvalue weighted by atomic mass is 10.0. The van der Waals surface area contributed by atoms with Gasteiger partial charge < -0.3 is 10.2 Å². The van der Waals surface area contributed by atoms with Crippen LogP contribution in [0.2, 0.25) is 5.02 Å². The van der Waals surface area contributed by atoms with E-state index in [0.717, 1.165) is 54.1 Å². The minimum Gasteiger partial charge on any atom is -0.362 e. The number of halogens is 1. The number of anilines is 2. The predicted octanol–water partition coefficient (Wildman–Crippen LogP) is 4.86. The average molecular weight is 357 g/mol. The van der Waals surface area contributed by atoms with E-state index in [1.807, 2.05) is 18.2 Å². The SMILES string of the molecule is CCc1ccc(Cl)c(CC)c1NC(=O)CN1CCCc2ccccc21. The molecule has 0 bridgehead atoms. The molecule has 0 saturated carbocycles. The second-order valence-corrected chi connectivity index (χ2v) is 6.88. The Morgan fingerprint density at radius 3 is 2.72 bits per heavy atom. The highest BCUT2D eigenvalue weighted by Crippen LogP contribution is 2.30. The van der Waals surface area contributed by atoms with Crippen molar-refractivity contribution < 1.29 is 4.79 Å². The summed E-state index contributed by atoms with van der Waals surface area (Å²) >= 11 is 6.34. The van der Waals surface area contributed by atoms with E-state index in [1.54, 1.807) is 0 Å². The molecule has 0 radical (unpaired) electrons. The summed E-state index contributed by atoms with van der Waals surface area (Å²) in [5, 5.41) is 3.86. The Hall–Kier alpha value is -2.00. The van der Waals surface area contributed by atoms with E-state index in [4.69, 9.17) is 11.6 Å². The van der Waals surface area contributed by atoms with E-state index >= 15 is 0 Å². The number of amides is 1. The largest absolute Gasteiger partial charge is 0.362 e. The normalized spacial score (nSPS) is 13.5. The van der Waals surface area contributed by atoms with Gasteiger partial charge in [0.1, 0.15) is 0 Å². The van der Waals surface area contributed by atoms with Gasteiger partial charge in [-0.15, -0.1) is 0 Å². The van der Waals surface area contributed by atoms with Gasteiger partial charge in [0.15, 0.2) is 0 Å². The maximum Gasteiger partial charge on any atom is 0.243 e. The molecule has 0 unspecified atom stereocenters. The van der Waals surface area contributed by atoms with Gasteiger partial charge in [-0.1, -0.05) is 49.7 Å². The molecule has 0 saturated heterocycles. The Kier molecular flexibility index (Phi) is 5.64. The van der Waals surface area contributed by atoms with Crippen molar-refractivity contribution in [2.45, 2.75) is 39.5 Å². The van der Waals surface area contributed by atoms with E-state index in [-0.39, 0.29) is 5.91 Å². The van der Waals surface area contributed by atoms with Crippen molar-refractivity contribution in [1.82, 2.24) is 0 Å². The first kappa shape index (κ1) is 17.8. The number of aryl methyl sites for hydroxylation is 2. The van der Waals surface area contributed by atoms with Crippen LogP contribution in [0.1, 0.15) is 37.0 Å². The number of rotatable bonds is 5. The average Bonchev–Trinajstić information content (AvgIpc) is 2.62. The monoisotopic (exact) mass is 356 g/mol. The molecule has 0 fully saturated rings. The molecule has 0 spiro atoms. The molecule has 1 N–H and O–H groups in total. The molecular formula is C21H25ClN2O. The summed E-state index contributed by atoms with van der Waals surface area (Å²) in [7, 11) is 0. The first-order valence-corrected chi connectivity index (χ1v) is 9.44. The smallest absolute Gasteiger partial charge is 0.243 e. The summed E-state index contributed by atoms with van der Waals surface area (Å²) in [5.41, 5.74) is 5.56. The van der Waals surface area contributed by atoms with Crippen LogP contribution < -0.4 is 10.2 Å². The summed E-state index contributed by atoms with van der Waals surface area (Å²) in [4.78, 5) is 14.9. The molecule has 4 heteroatoms. The second-order valence-electron chi connectivity index (χ2n) is 6.47. The first-order valence-electron chi connectivity index (χ1n) is 9.07. The quantitative estimate of drug-likeness (QED) is 0.830. The van der Waals surface area contributed by atoms with Crippen LogP contribution in [0.3, 0.4) is 0 Å². The van der Waals surface area contributed by atoms with E-state index in [1.165, 1.54) is 11.3 Å². The molecule has 1 aliphatic heterocycles. The van der Waals surface area contributed by atoms with Crippen LogP contribution in [-0.2, 0) is 24.1 Å². The van der Waals surface area contributed by atoms with Crippen LogP contribution in [0.15, 0.2) is 36.4 Å². The number of nitrogens with one attached hydrogen (secondary N) is 1. The Labute approximate surface area is 155 Å². The van der Waals surface area contributed by atoms with Gasteiger partial charge in [0.2, 0.25) is 5.91 Å². The molecule has 3 rings (SSSR count). The standard InChI is InChI=1S/C21H25ClN2O/c1-3-15-11-12-18(22)17(4-2)21(15)23-20(25)14-24-13-7-9-16-8-5-6-10-19(16)24/h5-6,8,10-12H,3-4,7,9,13-14H2,1-2H3,(H,23,25). The summed E-state index contributed by atoms with van der Waals surface area (Å²) in [6, 6.07) is 12.3. The number of para-hydroxylation sites is 1. The predicted molar refractivity (Wildman–Crippen MR) is 106 cm³/mol. The summed E-state index contributed by atoms with van der Waals surface area (Å²) in [6.07, 6.45) is 3.84. The number of hydrogen-bond donors (Lipinski definition) is 1.